The van der Waals surface area contributed by atoms with Gasteiger partial charge in [-0.05, 0) is 37.5 Å². The third-order valence-corrected chi connectivity index (χ3v) is 3.71. The van der Waals surface area contributed by atoms with Crippen LogP contribution >= 0.6 is 0 Å². The zero-order valence-electron chi connectivity index (χ0n) is 12.9. The van der Waals surface area contributed by atoms with E-state index in [0.29, 0.717) is 0 Å². The monoisotopic (exact) mass is 300 g/mol. The fourth-order valence-corrected chi connectivity index (χ4v) is 2.41. The van der Waals surface area contributed by atoms with E-state index < -0.39 is 6.67 Å². The predicted molar refractivity (Wildman–Crippen MR) is 83.2 cm³/mol. The van der Waals surface area contributed by atoms with Gasteiger partial charge in [-0.3, -0.25) is 0 Å². The number of hydrogen-bond acceptors (Lipinski definition) is 3. The van der Waals surface area contributed by atoms with E-state index in [4.69, 9.17) is 4.74 Å². The van der Waals surface area contributed by atoms with E-state index in [1.54, 1.807) is 7.11 Å². The van der Waals surface area contributed by atoms with Crippen LogP contribution in [0.25, 0.3) is 0 Å². The molecule has 3 nitrogen and oxygen atoms in total. The first-order valence-corrected chi connectivity index (χ1v) is 7.39. The van der Waals surface area contributed by atoms with Crippen molar-refractivity contribution in [1.29, 1.82) is 0 Å². The lowest BCUT2D eigenvalue weighted by atomic mass is 10.1. The first kappa shape index (κ1) is 17.9. The van der Waals surface area contributed by atoms with Crippen molar-refractivity contribution >= 4 is 5.69 Å². The molecule has 0 amide bonds. The van der Waals surface area contributed by atoms with Gasteiger partial charge in [0.15, 0.2) is 0 Å². The van der Waals surface area contributed by atoms with Crippen LogP contribution in [-0.4, -0.2) is 39.6 Å². The van der Waals surface area contributed by atoms with Gasteiger partial charge in [0.2, 0.25) is 0 Å². The SMILES string of the molecule is COC(C)c1ccc(N2CCCC2CF)cc1.NCCF. The number of methoxy groups -OCH3 is 1. The Kier molecular flexibility index (Phi) is 8.23. The molecule has 1 heterocycles. The highest BCUT2D eigenvalue weighted by Gasteiger charge is 2.24. The number of rotatable bonds is 5. The molecular weight excluding hydrogens is 274 g/mol. The van der Waals surface area contributed by atoms with Crippen LogP contribution < -0.4 is 10.6 Å². The number of halogens is 2. The number of ether oxygens (including phenoxy) is 1. The Morgan fingerprint density at radius 2 is 1.95 bits per heavy atom. The summed E-state index contributed by atoms with van der Waals surface area (Å²) in [5.41, 5.74) is 6.93. The molecule has 2 rings (SSSR count). The van der Waals surface area contributed by atoms with Crippen molar-refractivity contribution in [2.75, 3.05) is 38.4 Å². The molecule has 1 fully saturated rings. The van der Waals surface area contributed by atoms with Gasteiger partial charge in [-0.2, -0.15) is 0 Å². The Labute approximate surface area is 126 Å². The molecule has 2 unspecified atom stereocenters. The third-order valence-electron chi connectivity index (χ3n) is 3.71. The minimum atomic E-state index is -0.403. The molecule has 21 heavy (non-hydrogen) atoms. The van der Waals surface area contributed by atoms with Crippen LogP contribution in [0.1, 0.15) is 31.4 Å². The van der Waals surface area contributed by atoms with Crippen molar-refractivity contribution < 1.29 is 13.5 Å². The number of alkyl halides is 2. The summed E-state index contributed by atoms with van der Waals surface area (Å²) >= 11 is 0. The van der Waals surface area contributed by atoms with Crippen LogP contribution in [0.15, 0.2) is 24.3 Å². The number of benzene rings is 1. The summed E-state index contributed by atoms with van der Waals surface area (Å²) < 4.78 is 28.7. The van der Waals surface area contributed by atoms with Gasteiger partial charge in [0.1, 0.15) is 13.3 Å². The molecule has 1 saturated heterocycles. The Morgan fingerprint density at radius 3 is 2.43 bits per heavy atom. The largest absolute Gasteiger partial charge is 0.377 e. The first-order chi connectivity index (χ1) is 10.2. The second kappa shape index (κ2) is 9.68. The molecule has 0 radical (unpaired) electrons. The highest BCUT2D eigenvalue weighted by atomic mass is 19.1. The molecular formula is C16H26F2N2O. The van der Waals surface area contributed by atoms with Gasteiger partial charge in [-0.1, -0.05) is 12.1 Å². The van der Waals surface area contributed by atoms with Crippen molar-refractivity contribution in [3.05, 3.63) is 29.8 Å². The van der Waals surface area contributed by atoms with Gasteiger partial charge in [0.25, 0.3) is 0 Å². The van der Waals surface area contributed by atoms with Crippen LogP contribution in [0.2, 0.25) is 0 Å². The smallest absolute Gasteiger partial charge is 0.110 e. The minimum absolute atomic E-state index is 0.0701. The molecule has 1 aromatic carbocycles. The fourth-order valence-electron chi connectivity index (χ4n) is 2.41. The number of nitrogens with two attached hydrogens (primary N) is 1. The number of anilines is 1. The highest BCUT2D eigenvalue weighted by Crippen LogP contribution is 2.27. The summed E-state index contributed by atoms with van der Waals surface area (Å²) in [4.78, 5) is 2.17. The minimum Gasteiger partial charge on any atom is -0.377 e. The van der Waals surface area contributed by atoms with Gasteiger partial charge in [-0.15, -0.1) is 0 Å². The molecule has 0 aliphatic carbocycles. The summed E-state index contributed by atoms with van der Waals surface area (Å²) in [6.07, 6.45) is 2.16. The second-order valence-corrected chi connectivity index (χ2v) is 5.09. The summed E-state index contributed by atoms with van der Waals surface area (Å²) in [6.45, 7) is 2.49. The van der Waals surface area contributed by atoms with E-state index in [1.165, 1.54) is 0 Å². The normalized spacial score (nSPS) is 19.1. The quantitative estimate of drug-likeness (QED) is 0.907. The van der Waals surface area contributed by atoms with E-state index in [2.05, 4.69) is 34.9 Å². The molecule has 1 aliphatic rings. The van der Waals surface area contributed by atoms with Crippen molar-refractivity contribution in [3.8, 4) is 0 Å². The molecule has 5 heteroatoms. The molecule has 2 atom stereocenters. The van der Waals surface area contributed by atoms with Crippen LogP contribution in [-0.2, 0) is 4.74 Å². The zero-order chi connectivity index (χ0) is 15.7. The summed E-state index contributed by atoms with van der Waals surface area (Å²) in [5, 5.41) is 0. The molecule has 0 aromatic heterocycles. The van der Waals surface area contributed by atoms with Gasteiger partial charge in [-0.25, -0.2) is 8.78 Å². The molecule has 0 bridgehead atoms. The van der Waals surface area contributed by atoms with Crippen LogP contribution in [0.4, 0.5) is 14.5 Å². The molecule has 0 spiro atoms. The maximum atomic E-state index is 12.8. The average Bonchev–Trinajstić information content (AvgIpc) is 3.03. The lowest BCUT2D eigenvalue weighted by Crippen LogP contribution is -2.30. The van der Waals surface area contributed by atoms with Gasteiger partial charge < -0.3 is 15.4 Å². The second-order valence-electron chi connectivity index (χ2n) is 5.09. The molecule has 0 saturated carbocycles. The highest BCUT2D eigenvalue weighted by molar-refractivity contribution is 5.49. The molecule has 1 aliphatic heterocycles. The fraction of sp³-hybridized carbons (Fsp3) is 0.625. The average molecular weight is 300 g/mol. The van der Waals surface area contributed by atoms with Crippen molar-refractivity contribution in [2.24, 2.45) is 5.73 Å². The van der Waals surface area contributed by atoms with E-state index in [9.17, 15) is 8.78 Å². The number of nitrogens with zero attached hydrogens (tertiary/aromatic N) is 1. The standard InChI is InChI=1S/C14H20FNO.C2H6FN/c1-11(17-2)12-5-7-13(8-6-12)16-9-3-4-14(16)10-15;3-1-2-4/h5-8,11,14H,3-4,9-10H2,1-2H3;1-2,4H2. The van der Waals surface area contributed by atoms with E-state index in [1.807, 2.05) is 6.92 Å². The zero-order valence-corrected chi connectivity index (χ0v) is 12.9. The molecule has 2 N–H and O–H groups in total. The maximum Gasteiger partial charge on any atom is 0.110 e. The Bertz CT molecular complexity index is 384. The lowest BCUT2D eigenvalue weighted by molar-refractivity contribution is 0.119. The summed E-state index contributed by atoms with van der Waals surface area (Å²) in [6, 6.07) is 8.34. The maximum absolute atomic E-state index is 12.8. The summed E-state index contributed by atoms with van der Waals surface area (Å²) in [7, 11) is 1.71. The van der Waals surface area contributed by atoms with Crippen molar-refractivity contribution in [1.82, 2.24) is 0 Å². The van der Waals surface area contributed by atoms with Crippen LogP contribution in [0.3, 0.4) is 0 Å². The van der Waals surface area contributed by atoms with E-state index in [-0.39, 0.29) is 25.4 Å². The van der Waals surface area contributed by atoms with Gasteiger partial charge in [0.05, 0.1) is 12.1 Å². The third kappa shape index (κ3) is 5.25. The van der Waals surface area contributed by atoms with E-state index >= 15 is 0 Å². The van der Waals surface area contributed by atoms with Gasteiger partial charge >= 0.3 is 0 Å². The summed E-state index contributed by atoms with van der Waals surface area (Å²) in [5.74, 6) is 0. The molecule has 120 valence electrons. The van der Waals surface area contributed by atoms with Crippen molar-refractivity contribution in [3.63, 3.8) is 0 Å². The number of hydrogen-bond donors (Lipinski definition) is 1. The van der Waals surface area contributed by atoms with Crippen LogP contribution in [0, 0.1) is 0 Å². The lowest BCUT2D eigenvalue weighted by Gasteiger charge is -2.25. The Hall–Kier alpha value is -1.20. The molecule has 1 aromatic rings. The first-order valence-electron chi connectivity index (χ1n) is 7.39. The van der Waals surface area contributed by atoms with Gasteiger partial charge in [0, 0.05) is 25.9 Å². The Balaban J connectivity index is 0.000000491. The van der Waals surface area contributed by atoms with E-state index in [0.717, 1.165) is 30.6 Å². The topological polar surface area (TPSA) is 38.5 Å². The Morgan fingerprint density at radius 1 is 1.33 bits per heavy atom. The van der Waals surface area contributed by atoms with Crippen molar-refractivity contribution in [2.45, 2.75) is 31.9 Å². The van der Waals surface area contributed by atoms with Crippen LogP contribution in [0.5, 0.6) is 0 Å². The predicted octanol–water partition coefficient (Wildman–Crippen LogP) is 3.25.